The lowest BCUT2D eigenvalue weighted by atomic mass is 10.1. The fourth-order valence-electron chi connectivity index (χ4n) is 2.02. The number of nitrogen functional groups attached to an aromatic ring is 1. The first-order valence-corrected chi connectivity index (χ1v) is 8.07. The van der Waals surface area contributed by atoms with Gasteiger partial charge in [0.2, 0.25) is 0 Å². The maximum atomic E-state index is 5.72. The Labute approximate surface area is 119 Å². The Morgan fingerprint density at radius 2 is 1.95 bits per heavy atom. The van der Waals surface area contributed by atoms with Crippen LogP contribution in [0.1, 0.15) is 45.4 Å². The summed E-state index contributed by atoms with van der Waals surface area (Å²) < 4.78 is 5.67. The van der Waals surface area contributed by atoms with Gasteiger partial charge in [-0.05, 0) is 18.6 Å². The van der Waals surface area contributed by atoms with E-state index in [1.54, 1.807) is 11.8 Å². The topological polar surface area (TPSA) is 52.0 Å². The third-order valence-corrected chi connectivity index (χ3v) is 4.03. The fraction of sp³-hybridized carbons (Fsp3) is 0.533. The van der Waals surface area contributed by atoms with Gasteiger partial charge in [0.05, 0.1) is 0 Å². The van der Waals surface area contributed by atoms with Crippen molar-refractivity contribution in [1.29, 1.82) is 0 Å². The number of unbranched alkanes of at least 4 members (excludes halogenated alkanes) is 5. The molecule has 0 aliphatic heterocycles. The Hall–Kier alpha value is -1.16. The maximum Gasteiger partial charge on any atom is 0.256 e. The zero-order valence-electron chi connectivity index (χ0n) is 11.5. The van der Waals surface area contributed by atoms with Gasteiger partial charge >= 0.3 is 0 Å². The summed E-state index contributed by atoms with van der Waals surface area (Å²) in [4.78, 5) is 4.44. The van der Waals surface area contributed by atoms with E-state index in [1.807, 2.05) is 18.2 Å². The minimum atomic E-state index is 0.719. The molecule has 3 nitrogen and oxygen atoms in total. The molecule has 0 unspecified atom stereocenters. The summed E-state index contributed by atoms with van der Waals surface area (Å²) in [6.45, 7) is 2.25. The molecule has 0 amide bonds. The summed E-state index contributed by atoms with van der Waals surface area (Å²) in [5.41, 5.74) is 8.11. The van der Waals surface area contributed by atoms with Crippen LogP contribution in [0.2, 0.25) is 0 Å². The highest BCUT2D eigenvalue weighted by molar-refractivity contribution is 7.99. The molecule has 0 bridgehead atoms. The quantitative estimate of drug-likeness (QED) is 0.425. The normalized spacial score (nSPS) is 11.2. The molecule has 1 heterocycles. The van der Waals surface area contributed by atoms with E-state index in [-0.39, 0.29) is 0 Å². The van der Waals surface area contributed by atoms with Gasteiger partial charge in [-0.15, -0.1) is 0 Å². The highest BCUT2D eigenvalue weighted by atomic mass is 32.2. The summed E-state index contributed by atoms with van der Waals surface area (Å²) in [6, 6.07) is 5.59. The zero-order valence-corrected chi connectivity index (χ0v) is 12.3. The van der Waals surface area contributed by atoms with Crippen LogP contribution in [0.15, 0.2) is 27.8 Å². The van der Waals surface area contributed by atoms with Crippen molar-refractivity contribution in [2.45, 2.75) is 50.7 Å². The number of hydrogen-bond donors (Lipinski definition) is 1. The van der Waals surface area contributed by atoms with Crippen molar-refractivity contribution in [2.24, 2.45) is 0 Å². The molecule has 0 fully saturated rings. The summed E-state index contributed by atoms with van der Waals surface area (Å²) in [6.07, 6.45) is 7.91. The van der Waals surface area contributed by atoms with Crippen molar-refractivity contribution >= 4 is 28.5 Å². The molecule has 2 N–H and O–H groups in total. The van der Waals surface area contributed by atoms with Gasteiger partial charge in [-0.2, -0.15) is 0 Å². The van der Waals surface area contributed by atoms with E-state index in [1.165, 1.54) is 38.5 Å². The molecular weight excluding hydrogens is 256 g/mol. The van der Waals surface area contributed by atoms with Crippen LogP contribution < -0.4 is 5.73 Å². The first-order chi connectivity index (χ1) is 9.29. The van der Waals surface area contributed by atoms with Crippen LogP contribution in [0.5, 0.6) is 0 Å². The molecule has 19 heavy (non-hydrogen) atoms. The lowest BCUT2D eigenvalue weighted by Gasteiger charge is -1.98. The van der Waals surface area contributed by atoms with Gasteiger partial charge in [0.1, 0.15) is 5.52 Å². The number of rotatable bonds is 8. The van der Waals surface area contributed by atoms with E-state index in [2.05, 4.69) is 11.9 Å². The third-order valence-electron chi connectivity index (χ3n) is 3.12. The van der Waals surface area contributed by atoms with Crippen molar-refractivity contribution in [1.82, 2.24) is 4.98 Å². The number of fused-ring (bicyclic) bond motifs is 1. The number of thioether (sulfide) groups is 1. The standard InChI is InChI=1S/C15H22N2OS/c1-2-3-4-5-6-7-10-19-15-17-13-9-8-12(16)11-14(13)18-15/h8-9,11H,2-7,10,16H2,1H3. The molecule has 4 heteroatoms. The van der Waals surface area contributed by atoms with Crippen LogP contribution in [0.25, 0.3) is 11.1 Å². The second kappa shape index (κ2) is 7.43. The molecule has 0 atom stereocenters. The Balaban J connectivity index is 1.72. The van der Waals surface area contributed by atoms with E-state index in [9.17, 15) is 0 Å². The number of benzene rings is 1. The predicted octanol–water partition coefficient (Wildman–Crippen LogP) is 4.86. The van der Waals surface area contributed by atoms with E-state index < -0.39 is 0 Å². The SMILES string of the molecule is CCCCCCCCSc1nc2ccc(N)cc2o1. The zero-order chi connectivity index (χ0) is 13.5. The predicted molar refractivity (Wildman–Crippen MR) is 82.5 cm³/mol. The van der Waals surface area contributed by atoms with E-state index >= 15 is 0 Å². The van der Waals surface area contributed by atoms with E-state index in [0.717, 1.165) is 27.8 Å². The number of oxazole rings is 1. The van der Waals surface area contributed by atoms with Crippen molar-refractivity contribution in [2.75, 3.05) is 11.5 Å². The Morgan fingerprint density at radius 3 is 2.79 bits per heavy atom. The summed E-state index contributed by atoms with van der Waals surface area (Å²) in [5.74, 6) is 1.08. The minimum Gasteiger partial charge on any atom is -0.431 e. The van der Waals surface area contributed by atoms with Gasteiger partial charge in [-0.3, -0.25) is 0 Å². The van der Waals surface area contributed by atoms with E-state index in [0.29, 0.717) is 0 Å². The fourth-order valence-corrected chi connectivity index (χ4v) is 2.86. The van der Waals surface area contributed by atoms with Crippen molar-refractivity contribution in [3.05, 3.63) is 18.2 Å². The number of nitrogens with two attached hydrogens (primary N) is 1. The highest BCUT2D eigenvalue weighted by Crippen LogP contribution is 2.25. The molecule has 0 aliphatic rings. The second-order valence-electron chi connectivity index (χ2n) is 4.82. The lowest BCUT2D eigenvalue weighted by molar-refractivity contribution is 0.489. The van der Waals surface area contributed by atoms with Gasteiger partial charge in [0.15, 0.2) is 5.58 Å². The molecule has 1 aromatic carbocycles. The lowest BCUT2D eigenvalue weighted by Crippen LogP contribution is -1.82. The van der Waals surface area contributed by atoms with Crippen molar-refractivity contribution in [3.63, 3.8) is 0 Å². The van der Waals surface area contributed by atoms with Crippen LogP contribution in [-0.4, -0.2) is 10.7 Å². The summed E-state index contributed by atoms with van der Waals surface area (Å²) >= 11 is 1.70. The van der Waals surface area contributed by atoms with Crippen LogP contribution in [0.4, 0.5) is 5.69 Å². The average molecular weight is 278 g/mol. The Bertz CT molecular complexity index is 510. The summed E-state index contributed by atoms with van der Waals surface area (Å²) in [5, 5.41) is 0.758. The van der Waals surface area contributed by atoms with Gasteiger partial charge in [0, 0.05) is 17.5 Å². The highest BCUT2D eigenvalue weighted by Gasteiger charge is 2.06. The first kappa shape index (κ1) is 14.3. The van der Waals surface area contributed by atoms with Crippen LogP contribution in [0, 0.1) is 0 Å². The Morgan fingerprint density at radius 1 is 1.16 bits per heavy atom. The number of nitrogens with zero attached hydrogens (tertiary/aromatic N) is 1. The average Bonchev–Trinajstić information content (AvgIpc) is 2.79. The van der Waals surface area contributed by atoms with Crippen molar-refractivity contribution in [3.8, 4) is 0 Å². The largest absolute Gasteiger partial charge is 0.431 e. The van der Waals surface area contributed by atoms with Crippen LogP contribution in [0.3, 0.4) is 0 Å². The molecule has 2 aromatic rings. The van der Waals surface area contributed by atoms with Crippen LogP contribution >= 0.6 is 11.8 Å². The molecular formula is C15H22N2OS. The minimum absolute atomic E-state index is 0.719. The number of hydrogen-bond acceptors (Lipinski definition) is 4. The molecule has 1 aromatic heterocycles. The van der Waals surface area contributed by atoms with Crippen molar-refractivity contribution < 1.29 is 4.42 Å². The van der Waals surface area contributed by atoms with Crippen LogP contribution in [-0.2, 0) is 0 Å². The van der Waals surface area contributed by atoms with Gasteiger partial charge < -0.3 is 10.2 Å². The molecule has 0 spiro atoms. The van der Waals surface area contributed by atoms with E-state index in [4.69, 9.17) is 10.2 Å². The molecule has 104 valence electrons. The number of anilines is 1. The molecule has 0 saturated carbocycles. The second-order valence-corrected chi connectivity index (χ2v) is 5.87. The number of aromatic nitrogens is 1. The Kier molecular flexibility index (Phi) is 5.58. The maximum absolute atomic E-state index is 5.72. The molecule has 0 radical (unpaired) electrons. The van der Waals surface area contributed by atoms with Gasteiger partial charge in [-0.1, -0.05) is 50.8 Å². The van der Waals surface area contributed by atoms with Gasteiger partial charge in [0.25, 0.3) is 5.22 Å². The molecule has 2 rings (SSSR count). The third kappa shape index (κ3) is 4.46. The monoisotopic (exact) mass is 278 g/mol. The smallest absolute Gasteiger partial charge is 0.256 e. The van der Waals surface area contributed by atoms with Gasteiger partial charge in [-0.25, -0.2) is 4.98 Å². The summed E-state index contributed by atoms with van der Waals surface area (Å²) in [7, 11) is 0. The molecule has 0 saturated heterocycles. The first-order valence-electron chi connectivity index (χ1n) is 7.08. The molecule has 0 aliphatic carbocycles.